The molecule has 0 N–H and O–H groups in total. The molecule has 1 aromatic heterocycles. The van der Waals surface area contributed by atoms with Crippen molar-refractivity contribution in [2.45, 2.75) is 20.3 Å². The maximum absolute atomic E-state index is 12.3. The standard InChI is InChI=1S/C17H16N2O2/c1-11-8-14(16(10-18)12(2)19-11)9-17(20)13-4-6-15(21-3)7-5-13/h4-8H,9H2,1-3H3. The van der Waals surface area contributed by atoms with Gasteiger partial charge in [0.1, 0.15) is 11.8 Å². The third-order valence-electron chi connectivity index (χ3n) is 3.28. The fourth-order valence-electron chi connectivity index (χ4n) is 2.25. The number of aryl methyl sites for hydroxylation is 2. The molecule has 21 heavy (non-hydrogen) atoms. The number of ketones is 1. The third-order valence-corrected chi connectivity index (χ3v) is 3.28. The molecule has 4 nitrogen and oxygen atoms in total. The monoisotopic (exact) mass is 280 g/mol. The van der Waals surface area contributed by atoms with Gasteiger partial charge in [-0.25, -0.2) is 0 Å². The first-order chi connectivity index (χ1) is 10.0. The number of benzene rings is 1. The van der Waals surface area contributed by atoms with Crippen LogP contribution in [0.25, 0.3) is 0 Å². The van der Waals surface area contributed by atoms with Gasteiger partial charge in [0.05, 0.1) is 18.4 Å². The van der Waals surface area contributed by atoms with E-state index in [9.17, 15) is 10.1 Å². The Hall–Kier alpha value is -2.67. The summed E-state index contributed by atoms with van der Waals surface area (Å²) in [6.07, 6.45) is 0.194. The minimum Gasteiger partial charge on any atom is -0.497 e. The number of ether oxygens (including phenoxy) is 1. The molecule has 2 aromatic rings. The van der Waals surface area contributed by atoms with E-state index in [1.165, 1.54) is 0 Å². The number of methoxy groups -OCH3 is 1. The van der Waals surface area contributed by atoms with Crippen LogP contribution in [0.5, 0.6) is 5.75 Å². The quantitative estimate of drug-likeness (QED) is 0.808. The van der Waals surface area contributed by atoms with Gasteiger partial charge in [0.2, 0.25) is 0 Å². The highest BCUT2D eigenvalue weighted by molar-refractivity contribution is 5.97. The molecule has 1 heterocycles. The van der Waals surface area contributed by atoms with Crippen LogP contribution in [0.1, 0.15) is 32.9 Å². The van der Waals surface area contributed by atoms with Crippen LogP contribution in [0.4, 0.5) is 0 Å². The van der Waals surface area contributed by atoms with Crippen molar-refractivity contribution in [1.82, 2.24) is 4.98 Å². The van der Waals surface area contributed by atoms with Crippen molar-refractivity contribution >= 4 is 5.78 Å². The van der Waals surface area contributed by atoms with Crippen molar-refractivity contribution < 1.29 is 9.53 Å². The third kappa shape index (κ3) is 3.26. The molecular weight excluding hydrogens is 264 g/mol. The SMILES string of the molecule is COc1ccc(C(=O)Cc2cc(C)nc(C)c2C#N)cc1. The van der Waals surface area contributed by atoms with Gasteiger partial charge in [0.15, 0.2) is 5.78 Å². The topological polar surface area (TPSA) is 63.0 Å². The summed E-state index contributed by atoms with van der Waals surface area (Å²) < 4.78 is 5.07. The Morgan fingerprint density at radius 1 is 1.29 bits per heavy atom. The highest BCUT2D eigenvalue weighted by atomic mass is 16.5. The number of carbonyl (C=O) groups excluding carboxylic acids is 1. The molecule has 0 aliphatic heterocycles. The van der Waals surface area contributed by atoms with E-state index in [0.29, 0.717) is 22.6 Å². The average molecular weight is 280 g/mol. The summed E-state index contributed by atoms with van der Waals surface area (Å²) in [6.45, 7) is 3.64. The van der Waals surface area contributed by atoms with E-state index in [0.717, 1.165) is 11.3 Å². The molecule has 0 spiro atoms. The van der Waals surface area contributed by atoms with Crippen molar-refractivity contribution in [3.8, 4) is 11.8 Å². The highest BCUT2D eigenvalue weighted by Crippen LogP contribution is 2.17. The number of hydrogen-bond acceptors (Lipinski definition) is 4. The molecule has 2 rings (SSSR count). The number of nitriles is 1. The van der Waals surface area contributed by atoms with Gasteiger partial charge in [0, 0.05) is 17.7 Å². The first kappa shape index (κ1) is 14.7. The summed E-state index contributed by atoms with van der Waals surface area (Å²) in [5.41, 5.74) is 3.29. The Kier molecular flexibility index (Phi) is 4.34. The lowest BCUT2D eigenvalue weighted by molar-refractivity contribution is 0.0993. The lowest BCUT2D eigenvalue weighted by Gasteiger charge is -2.08. The average Bonchev–Trinajstić information content (AvgIpc) is 2.47. The molecule has 0 amide bonds. The maximum atomic E-state index is 12.3. The van der Waals surface area contributed by atoms with Crippen LogP contribution in [-0.4, -0.2) is 17.9 Å². The second kappa shape index (κ2) is 6.19. The summed E-state index contributed by atoms with van der Waals surface area (Å²) >= 11 is 0. The van der Waals surface area contributed by atoms with E-state index in [-0.39, 0.29) is 12.2 Å². The van der Waals surface area contributed by atoms with E-state index < -0.39 is 0 Å². The highest BCUT2D eigenvalue weighted by Gasteiger charge is 2.13. The van der Waals surface area contributed by atoms with E-state index in [1.54, 1.807) is 44.4 Å². The molecule has 4 heteroatoms. The Labute approximate surface area is 124 Å². The zero-order valence-electron chi connectivity index (χ0n) is 12.3. The molecule has 0 bridgehead atoms. The summed E-state index contributed by atoms with van der Waals surface area (Å²) in [4.78, 5) is 16.6. The van der Waals surface area contributed by atoms with Crippen LogP contribution < -0.4 is 4.74 Å². The van der Waals surface area contributed by atoms with Gasteiger partial charge in [-0.3, -0.25) is 9.78 Å². The number of pyridine rings is 1. The van der Waals surface area contributed by atoms with E-state index in [4.69, 9.17) is 4.74 Å². The smallest absolute Gasteiger partial charge is 0.167 e. The largest absolute Gasteiger partial charge is 0.497 e. The van der Waals surface area contributed by atoms with Gasteiger partial charge in [-0.1, -0.05) is 0 Å². The molecule has 0 saturated carbocycles. The molecule has 0 aliphatic carbocycles. The summed E-state index contributed by atoms with van der Waals surface area (Å²) in [6, 6.07) is 10.9. The summed E-state index contributed by atoms with van der Waals surface area (Å²) in [5, 5.41) is 9.22. The van der Waals surface area contributed by atoms with Crippen LogP contribution >= 0.6 is 0 Å². The molecule has 0 fully saturated rings. The van der Waals surface area contributed by atoms with Gasteiger partial charge in [-0.15, -0.1) is 0 Å². The molecule has 0 radical (unpaired) electrons. The zero-order chi connectivity index (χ0) is 15.4. The fourth-order valence-corrected chi connectivity index (χ4v) is 2.25. The Morgan fingerprint density at radius 3 is 2.52 bits per heavy atom. The normalized spacial score (nSPS) is 10.0. The van der Waals surface area contributed by atoms with Crippen molar-refractivity contribution in [2.24, 2.45) is 0 Å². The Bertz CT molecular complexity index is 713. The number of hydrogen-bond donors (Lipinski definition) is 0. The summed E-state index contributed by atoms with van der Waals surface area (Å²) in [5.74, 6) is 0.680. The lowest BCUT2D eigenvalue weighted by atomic mass is 9.98. The second-order valence-corrected chi connectivity index (χ2v) is 4.82. The van der Waals surface area contributed by atoms with Gasteiger partial charge >= 0.3 is 0 Å². The van der Waals surface area contributed by atoms with Crippen molar-refractivity contribution in [2.75, 3.05) is 7.11 Å². The molecule has 0 atom stereocenters. The first-order valence-electron chi connectivity index (χ1n) is 6.59. The van der Waals surface area contributed by atoms with Crippen LogP contribution in [0.3, 0.4) is 0 Å². The van der Waals surface area contributed by atoms with Gasteiger partial charge in [0.25, 0.3) is 0 Å². The fraction of sp³-hybridized carbons (Fsp3) is 0.235. The lowest BCUT2D eigenvalue weighted by Crippen LogP contribution is -2.07. The first-order valence-corrected chi connectivity index (χ1v) is 6.59. The molecular formula is C17H16N2O2. The number of carbonyl (C=O) groups is 1. The van der Waals surface area contributed by atoms with Crippen LogP contribution in [0, 0.1) is 25.2 Å². The minimum absolute atomic E-state index is 0.0286. The zero-order valence-corrected chi connectivity index (χ0v) is 12.3. The second-order valence-electron chi connectivity index (χ2n) is 4.82. The molecule has 1 aromatic carbocycles. The number of rotatable bonds is 4. The Balaban J connectivity index is 2.29. The molecule has 0 unspecified atom stereocenters. The van der Waals surface area contributed by atoms with Gasteiger partial charge in [-0.2, -0.15) is 5.26 Å². The molecule has 106 valence electrons. The van der Waals surface area contributed by atoms with Crippen molar-refractivity contribution in [3.63, 3.8) is 0 Å². The predicted molar refractivity (Wildman–Crippen MR) is 79.5 cm³/mol. The van der Waals surface area contributed by atoms with Crippen LogP contribution in [0.15, 0.2) is 30.3 Å². The van der Waals surface area contributed by atoms with Gasteiger partial charge in [-0.05, 0) is 49.7 Å². The predicted octanol–water partition coefficient (Wildman–Crippen LogP) is 3.00. The van der Waals surface area contributed by atoms with Crippen molar-refractivity contribution in [1.29, 1.82) is 5.26 Å². The molecule has 0 aliphatic rings. The van der Waals surface area contributed by atoms with Crippen LogP contribution in [0.2, 0.25) is 0 Å². The summed E-state index contributed by atoms with van der Waals surface area (Å²) in [7, 11) is 1.58. The maximum Gasteiger partial charge on any atom is 0.167 e. The van der Waals surface area contributed by atoms with E-state index >= 15 is 0 Å². The number of aromatic nitrogens is 1. The van der Waals surface area contributed by atoms with Crippen molar-refractivity contribution in [3.05, 3.63) is 58.4 Å². The van der Waals surface area contributed by atoms with Crippen LogP contribution in [-0.2, 0) is 6.42 Å². The number of Topliss-reactive ketones (excluding diaryl/α,β-unsaturated/α-hetero) is 1. The van der Waals surface area contributed by atoms with E-state index in [2.05, 4.69) is 11.1 Å². The Morgan fingerprint density at radius 2 is 1.95 bits per heavy atom. The molecule has 0 saturated heterocycles. The number of nitrogens with zero attached hydrogens (tertiary/aromatic N) is 2. The van der Waals surface area contributed by atoms with Gasteiger partial charge < -0.3 is 4.74 Å². The minimum atomic E-state index is -0.0286. The van der Waals surface area contributed by atoms with E-state index in [1.807, 2.05) is 6.92 Å².